The molecule has 0 unspecified atom stereocenters. The summed E-state index contributed by atoms with van der Waals surface area (Å²) in [5.41, 5.74) is 2.47. The predicted octanol–water partition coefficient (Wildman–Crippen LogP) is 2.43. The third-order valence-corrected chi connectivity index (χ3v) is 4.30. The molecule has 1 aromatic heterocycles. The SMILES string of the molecule is COc1ccc(CC(=O)OCC(=O)Nc2cccc3nsnc23)c(OC)c1. The Morgan fingerprint density at radius 1 is 1.11 bits per heavy atom. The summed E-state index contributed by atoms with van der Waals surface area (Å²) in [4.78, 5) is 24.1. The van der Waals surface area contributed by atoms with Gasteiger partial charge in [0.15, 0.2) is 6.61 Å². The van der Waals surface area contributed by atoms with E-state index >= 15 is 0 Å². The second-order valence-corrected chi connectivity index (χ2v) is 6.03. The van der Waals surface area contributed by atoms with Crippen molar-refractivity contribution in [3.05, 3.63) is 42.0 Å². The van der Waals surface area contributed by atoms with Crippen LogP contribution in [0.4, 0.5) is 5.69 Å². The number of anilines is 1. The van der Waals surface area contributed by atoms with E-state index in [9.17, 15) is 9.59 Å². The van der Waals surface area contributed by atoms with E-state index in [4.69, 9.17) is 14.2 Å². The Bertz CT molecular complexity index is 973. The second-order valence-electron chi connectivity index (χ2n) is 5.50. The van der Waals surface area contributed by atoms with Gasteiger partial charge in [-0.25, -0.2) is 0 Å². The number of methoxy groups -OCH3 is 2. The molecule has 3 aromatic rings. The van der Waals surface area contributed by atoms with Crippen LogP contribution in [0.15, 0.2) is 36.4 Å². The maximum Gasteiger partial charge on any atom is 0.310 e. The number of carbonyl (C=O) groups is 2. The van der Waals surface area contributed by atoms with E-state index in [-0.39, 0.29) is 6.42 Å². The minimum absolute atomic E-state index is 0.0218. The number of amides is 1. The normalized spacial score (nSPS) is 10.4. The molecule has 3 rings (SSSR count). The number of ether oxygens (including phenoxy) is 3. The van der Waals surface area contributed by atoms with E-state index in [1.54, 1.807) is 43.5 Å². The number of nitrogens with one attached hydrogen (secondary N) is 1. The van der Waals surface area contributed by atoms with Gasteiger partial charge >= 0.3 is 5.97 Å². The van der Waals surface area contributed by atoms with Crippen LogP contribution in [0.25, 0.3) is 11.0 Å². The van der Waals surface area contributed by atoms with Gasteiger partial charge in [0.05, 0.1) is 38.1 Å². The van der Waals surface area contributed by atoms with E-state index in [1.165, 1.54) is 7.11 Å². The molecular formula is C18H17N3O5S. The minimum Gasteiger partial charge on any atom is -0.497 e. The van der Waals surface area contributed by atoms with Crippen molar-refractivity contribution < 1.29 is 23.8 Å². The molecule has 140 valence electrons. The lowest BCUT2D eigenvalue weighted by Crippen LogP contribution is -2.21. The number of hydrogen-bond donors (Lipinski definition) is 1. The molecule has 8 nitrogen and oxygen atoms in total. The molecule has 0 saturated carbocycles. The van der Waals surface area contributed by atoms with Crippen molar-refractivity contribution in [1.29, 1.82) is 0 Å². The first-order chi connectivity index (χ1) is 13.1. The maximum absolute atomic E-state index is 12.1. The summed E-state index contributed by atoms with van der Waals surface area (Å²) < 4.78 is 23.7. The molecule has 0 fully saturated rings. The molecule has 2 aromatic carbocycles. The van der Waals surface area contributed by atoms with Crippen molar-refractivity contribution in [3.8, 4) is 11.5 Å². The van der Waals surface area contributed by atoms with Gasteiger partial charge in [0.2, 0.25) is 0 Å². The maximum atomic E-state index is 12.1. The molecule has 0 radical (unpaired) electrons. The third kappa shape index (κ3) is 4.50. The summed E-state index contributed by atoms with van der Waals surface area (Å²) in [6.07, 6.45) is -0.0218. The number of esters is 1. The summed E-state index contributed by atoms with van der Waals surface area (Å²) in [7, 11) is 3.05. The molecule has 9 heteroatoms. The Labute approximate surface area is 159 Å². The minimum atomic E-state index is -0.540. The fraction of sp³-hybridized carbons (Fsp3) is 0.222. The highest BCUT2D eigenvalue weighted by atomic mass is 32.1. The van der Waals surface area contributed by atoms with Gasteiger partial charge in [0.1, 0.15) is 22.5 Å². The van der Waals surface area contributed by atoms with E-state index in [0.29, 0.717) is 33.8 Å². The first-order valence-electron chi connectivity index (χ1n) is 7.98. The molecule has 1 amide bonds. The Morgan fingerprint density at radius 3 is 2.74 bits per heavy atom. The van der Waals surface area contributed by atoms with Crippen LogP contribution >= 0.6 is 11.7 Å². The second kappa shape index (κ2) is 8.45. The van der Waals surface area contributed by atoms with Gasteiger partial charge in [0.25, 0.3) is 5.91 Å². The van der Waals surface area contributed by atoms with Crippen molar-refractivity contribution >= 4 is 40.3 Å². The summed E-state index contributed by atoms with van der Waals surface area (Å²) in [5, 5.41) is 2.67. The lowest BCUT2D eigenvalue weighted by atomic mass is 10.1. The molecule has 0 saturated heterocycles. The zero-order valence-corrected chi connectivity index (χ0v) is 15.5. The Hall–Kier alpha value is -3.20. The van der Waals surface area contributed by atoms with Gasteiger partial charge in [-0.3, -0.25) is 9.59 Å². The summed E-state index contributed by atoms with van der Waals surface area (Å²) in [5.74, 6) is 0.139. The number of fused-ring (bicyclic) bond motifs is 1. The summed E-state index contributed by atoms with van der Waals surface area (Å²) in [6, 6.07) is 10.4. The van der Waals surface area contributed by atoms with Crippen LogP contribution in [0.3, 0.4) is 0 Å². The lowest BCUT2D eigenvalue weighted by Gasteiger charge is -2.10. The van der Waals surface area contributed by atoms with Crippen LogP contribution in [0, 0.1) is 0 Å². The highest BCUT2D eigenvalue weighted by Crippen LogP contribution is 2.25. The number of aromatic nitrogens is 2. The summed E-state index contributed by atoms with van der Waals surface area (Å²) >= 11 is 1.06. The zero-order valence-electron chi connectivity index (χ0n) is 14.7. The Balaban J connectivity index is 1.56. The van der Waals surface area contributed by atoms with Crippen LogP contribution in [0.2, 0.25) is 0 Å². The quantitative estimate of drug-likeness (QED) is 0.622. The van der Waals surface area contributed by atoms with Gasteiger partial charge in [-0.1, -0.05) is 12.1 Å². The van der Waals surface area contributed by atoms with Gasteiger partial charge in [-0.2, -0.15) is 8.75 Å². The summed E-state index contributed by atoms with van der Waals surface area (Å²) in [6.45, 7) is -0.398. The largest absolute Gasteiger partial charge is 0.497 e. The molecular weight excluding hydrogens is 370 g/mol. The van der Waals surface area contributed by atoms with E-state index in [2.05, 4.69) is 14.1 Å². The van der Waals surface area contributed by atoms with Crippen molar-refractivity contribution in [2.24, 2.45) is 0 Å². The van der Waals surface area contributed by atoms with Crippen molar-refractivity contribution in [2.75, 3.05) is 26.1 Å². The molecule has 0 aliphatic rings. The number of benzene rings is 2. The molecule has 0 bridgehead atoms. The van der Waals surface area contributed by atoms with Crippen molar-refractivity contribution in [3.63, 3.8) is 0 Å². The fourth-order valence-electron chi connectivity index (χ4n) is 2.44. The zero-order chi connectivity index (χ0) is 19.2. The molecule has 0 aliphatic heterocycles. The Kier molecular flexibility index (Phi) is 5.82. The number of rotatable bonds is 7. The van der Waals surface area contributed by atoms with Crippen LogP contribution < -0.4 is 14.8 Å². The average Bonchev–Trinajstić information content (AvgIpc) is 3.16. The first kappa shape index (κ1) is 18.6. The van der Waals surface area contributed by atoms with Crippen LogP contribution in [0.1, 0.15) is 5.56 Å². The van der Waals surface area contributed by atoms with Gasteiger partial charge in [-0.15, -0.1) is 0 Å². The highest BCUT2D eigenvalue weighted by molar-refractivity contribution is 7.00. The fourth-order valence-corrected chi connectivity index (χ4v) is 2.99. The smallest absolute Gasteiger partial charge is 0.310 e. The van der Waals surface area contributed by atoms with Crippen LogP contribution in [-0.2, 0) is 20.7 Å². The third-order valence-electron chi connectivity index (χ3n) is 3.75. The van der Waals surface area contributed by atoms with E-state index in [1.807, 2.05) is 0 Å². The molecule has 0 atom stereocenters. The molecule has 1 heterocycles. The van der Waals surface area contributed by atoms with Gasteiger partial charge in [0, 0.05) is 11.6 Å². The molecule has 1 N–H and O–H groups in total. The average molecular weight is 387 g/mol. The van der Waals surface area contributed by atoms with Gasteiger partial charge < -0.3 is 19.5 Å². The number of carbonyl (C=O) groups excluding carboxylic acids is 2. The van der Waals surface area contributed by atoms with E-state index in [0.717, 1.165) is 11.7 Å². The first-order valence-corrected chi connectivity index (χ1v) is 8.71. The molecule has 27 heavy (non-hydrogen) atoms. The van der Waals surface area contributed by atoms with Crippen molar-refractivity contribution in [1.82, 2.24) is 8.75 Å². The van der Waals surface area contributed by atoms with Crippen LogP contribution in [-0.4, -0.2) is 41.5 Å². The predicted molar refractivity (Wildman–Crippen MR) is 100 cm³/mol. The number of nitrogens with zero attached hydrogens (tertiary/aromatic N) is 2. The Morgan fingerprint density at radius 2 is 1.96 bits per heavy atom. The van der Waals surface area contributed by atoms with Crippen molar-refractivity contribution in [2.45, 2.75) is 6.42 Å². The monoisotopic (exact) mass is 387 g/mol. The standard InChI is InChI=1S/C18H17N3O5S/c1-24-12-7-6-11(15(9-12)25-2)8-17(23)26-10-16(22)19-13-4-3-5-14-18(13)21-27-20-14/h3-7,9H,8,10H2,1-2H3,(H,19,22). The highest BCUT2D eigenvalue weighted by Gasteiger charge is 2.14. The van der Waals surface area contributed by atoms with Crippen LogP contribution in [0.5, 0.6) is 11.5 Å². The molecule has 0 spiro atoms. The topological polar surface area (TPSA) is 99.6 Å². The number of hydrogen-bond acceptors (Lipinski definition) is 8. The lowest BCUT2D eigenvalue weighted by molar-refractivity contribution is -0.146. The van der Waals surface area contributed by atoms with E-state index < -0.39 is 18.5 Å². The van der Waals surface area contributed by atoms with Gasteiger partial charge in [-0.05, 0) is 18.2 Å². The molecule has 0 aliphatic carbocycles.